The zero-order chi connectivity index (χ0) is 22.1. The second kappa shape index (κ2) is 10.7. The lowest BCUT2D eigenvalue weighted by Gasteiger charge is -2.20. The number of benzene rings is 2. The highest BCUT2D eigenvalue weighted by atomic mass is 16.5. The van der Waals surface area contributed by atoms with E-state index < -0.39 is 17.8 Å². The number of amides is 2. The average molecular weight is 413 g/mol. The predicted molar refractivity (Wildman–Crippen MR) is 109 cm³/mol. The standard InChI is InChI=1S/C21H23N3O6/c1-5-30-21(27)15-10-11-16(19(12-15)29-4)23-22-13-20(26)24(14(2)25)17-8-6-7-9-18(17)28-3/h6-12H,5,13H2,1-4H3. The molecule has 158 valence electrons. The molecule has 0 aliphatic heterocycles. The molecule has 0 saturated carbocycles. The van der Waals surface area contributed by atoms with Gasteiger partial charge in [-0.2, -0.15) is 10.2 Å². The number of methoxy groups -OCH3 is 2. The van der Waals surface area contributed by atoms with E-state index in [1.54, 1.807) is 31.2 Å². The number of hydrogen-bond donors (Lipinski definition) is 0. The molecule has 0 bridgehead atoms. The zero-order valence-corrected chi connectivity index (χ0v) is 17.2. The van der Waals surface area contributed by atoms with Gasteiger partial charge in [0, 0.05) is 6.92 Å². The van der Waals surface area contributed by atoms with Crippen LogP contribution in [0.15, 0.2) is 52.7 Å². The van der Waals surface area contributed by atoms with Crippen molar-refractivity contribution in [3.63, 3.8) is 0 Å². The van der Waals surface area contributed by atoms with E-state index in [4.69, 9.17) is 14.2 Å². The summed E-state index contributed by atoms with van der Waals surface area (Å²) < 4.78 is 15.4. The van der Waals surface area contributed by atoms with Gasteiger partial charge in [0.1, 0.15) is 23.7 Å². The average Bonchev–Trinajstić information content (AvgIpc) is 2.74. The van der Waals surface area contributed by atoms with E-state index in [1.807, 2.05) is 0 Å². The summed E-state index contributed by atoms with van der Waals surface area (Å²) in [6, 6.07) is 11.2. The first kappa shape index (κ1) is 22.5. The Morgan fingerprint density at radius 3 is 2.33 bits per heavy atom. The highest BCUT2D eigenvalue weighted by Crippen LogP contribution is 2.30. The van der Waals surface area contributed by atoms with E-state index >= 15 is 0 Å². The third-order valence-corrected chi connectivity index (χ3v) is 3.97. The van der Waals surface area contributed by atoms with Crippen molar-refractivity contribution in [1.82, 2.24) is 0 Å². The third kappa shape index (κ3) is 5.40. The van der Waals surface area contributed by atoms with Gasteiger partial charge in [0.05, 0.1) is 32.1 Å². The van der Waals surface area contributed by atoms with Crippen molar-refractivity contribution in [3.8, 4) is 11.5 Å². The Morgan fingerprint density at radius 2 is 1.70 bits per heavy atom. The Morgan fingerprint density at radius 1 is 1.00 bits per heavy atom. The Kier molecular flexibility index (Phi) is 8.04. The molecule has 0 N–H and O–H groups in total. The summed E-state index contributed by atoms with van der Waals surface area (Å²) in [7, 11) is 2.88. The first-order valence-electron chi connectivity index (χ1n) is 9.12. The summed E-state index contributed by atoms with van der Waals surface area (Å²) in [5.41, 5.74) is 0.955. The summed E-state index contributed by atoms with van der Waals surface area (Å²) in [4.78, 5) is 37.5. The van der Waals surface area contributed by atoms with Crippen molar-refractivity contribution >= 4 is 29.2 Å². The van der Waals surface area contributed by atoms with E-state index in [9.17, 15) is 14.4 Å². The minimum atomic E-state index is -0.571. The number of para-hydroxylation sites is 2. The fourth-order valence-corrected chi connectivity index (χ4v) is 2.64. The Labute approximate surface area is 174 Å². The van der Waals surface area contributed by atoms with Crippen molar-refractivity contribution in [2.24, 2.45) is 10.2 Å². The summed E-state index contributed by atoms with van der Waals surface area (Å²) in [6.07, 6.45) is 0. The van der Waals surface area contributed by atoms with Gasteiger partial charge < -0.3 is 14.2 Å². The SMILES string of the molecule is CCOC(=O)c1ccc(N=NCC(=O)N(C(C)=O)c2ccccc2OC)c(OC)c1. The first-order chi connectivity index (χ1) is 14.4. The summed E-state index contributed by atoms with van der Waals surface area (Å²) in [6.45, 7) is 2.87. The molecule has 0 unspecified atom stereocenters. The number of carbonyl (C=O) groups is 3. The number of nitrogens with zero attached hydrogens (tertiary/aromatic N) is 3. The fourth-order valence-electron chi connectivity index (χ4n) is 2.64. The van der Waals surface area contributed by atoms with Crippen molar-refractivity contribution in [1.29, 1.82) is 0 Å². The summed E-state index contributed by atoms with van der Waals surface area (Å²) in [5, 5.41) is 7.89. The quantitative estimate of drug-likeness (QED) is 0.484. The van der Waals surface area contributed by atoms with Gasteiger partial charge in [-0.1, -0.05) is 12.1 Å². The van der Waals surface area contributed by atoms with E-state index in [0.717, 1.165) is 4.90 Å². The molecule has 2 aromatic rings. The third-order valence-electron chi connectivity index (χ3n) is 3.97. The molecule has 0 saturated heterocycles. The van der Waals surface area contributed by atoms with Crippen LogP contribution in [-0.4, -0.2) is 45.2 Å². The minimum absolute atomic E-state index is 0.254. The van der Waals surface area contributed by atoms with Crippen LogP contribution in [0.25, 0.3) is 0 Å². The van der Waals surface area contributed by atoms with Crippen LogP contribution < -0.4 is 14.4 Å². The Balaban J connectivity index is 2.19. The predicted octanol–water partition coefficient (Wildman–Crippen LogP) is 3.54. The number of anilines is 1. The zero-order valence-electron chi connectivity index (χ0n) is 17.2. The van der Waals surface area contributed by atoms with Gasteiger partial charge in [-0.3, -0.25) is 9.59 Å². The molecule has 0 radical (unpaired) electrons. The molecule has 2 rings (SSSR count). The van der Waals surface area contributed by atoms with Crippen molar-refractivity contribution in [2.45, 2.75) is 13.8 Å². The highest BCUT2D eigenvalue weighted by Gasteiger charge is 2.23. The maximum atomic E-state index is 12.6. The van der Waals surface area contributed by atoms with Crippen LogP contribution >= 0.6 is 0 Å². The van der Waals surface area contributed by atoms with Crippen molar-refractivity contribution in [3.05, 3.63) is 48.0 Å². The normalized spacial score (nSPS) is 10.5. The second-order valence-corrected chi connectivity index (χ2v) is 5.93. The molecule has 0 aliphatic carbocycles. The Bertz CT molecular complexity index is 958. The van der Waals surface area contributed by atoms with E-state index in [1.165, 1.54) is 39.3 Å². The number of ether oxygens (including phenoxy) is 3. The van der Waals surface area contributed by atoms with Crippen LogP contribution in [0.3, 0.4) is 0 Å². The van der Waals surface area contributed by atoms with Gasteiger partial charge >= 0.3 is 5.97 Å². The molecule has 0 fully saturated rings. The maximum absolute atomic E-state index is 12.6. The van der Waals surface area contributed by atoms with Gasteiger partial charge in [-0.15, -0.1) is 0 Å². The number of hydrogen-bond acceptors (Lipinski definition) is 8. The van der Waals surface area contributed by atoms with E-state index in [2.05, 4.69) is 10.2 Å². The van der Waals surface area contributed by atoms with Crippen molar-refractivity contribution < 1.29 is 28.6 Å². The van der Waals surface area contributed by atoms with Gasteiger partial charge in [0.25, 0.3) is 5.91 Å². The maximum Gasteiger partial charge on any atom is 0.338 e. The van der Waals surface area contributed by atoms with Gasteiger partial charge in [0.2, 0.25) is 5.91 Å². The topological polar surface area (TPSA) is 107 Å². The number of rotatable bonds is 8. The Hall–Kier alpha value is -3.75. The van der Waals surface area contributed by atoms with Crippen LogP contribution in [0.2, 0.25) is 0 Å². The lowest BCUT2D eigenvalue weighted by atomic mass is 10.2. The minimum Gasteiger partial charge on any atom is -0.495 e. The van der Waals surface area contributed by atoms with Gasteiger partial charge in [-0.05, 0) is 37.3 Å². The highest BCUT2D eigenvalue weighted by molar-refractivity contribution is 6.15. The molecule has 0 aliphatic rings. The van der Waals surface area contributed by atoms with Gasteiger partial charge in [-0.25, -0.2) is 9.69 Å². The van der Waals surface area contributed by atoms with E-state index in [-0.39, 0.29) is 13.2 Å². The van der Waals surface area contributed by atoms with Crippen molar-refractivity contribution in [2.75, 3.05) is 32.3 Å². The molecule has 0 atom stereocenters. The van der Waals surface area contributed by atoms with Crippen LogP contribution in [0, 0.1) is 0 Å². The molecule has 2 amide bonds. The number of azo groups is 1. The molecule has 9 nitrogen and oxygen atoms in total. The number of esters is 1. The molecule has 0 aromatic heterocycles. The lowest BCUT2D eigenvalue weighted by molar-refractivity contribution is -0.124. The van der Waals surface area contributed by atoms with Crippen LogP contribution in [-0.2, 0) is 14.3 Å². The number of carbonyl (C=O) groups excluding carboxylic acids is 3. The van der Waals surface area contributed by atoms with Crippen LogP contribution in [0.5, 0.6) is 11.5 Å². The van der Waals surface area contributed by atoms with E-state index in [0.29, 0.717) is 28.4 Å². The molecule has 30 heavy (non-hydrogen) atoms. The monoisotopic (exact) mass is 413 g/mol. The van der Waals surface area contributed by atoms with Gasteiger partial charge in [0.15, 0.2) is 0 Å². The summed E-state index contributed by atoms with van der Waals surface area (Å²) >= 11 is 0. The smallest absolute Gasteiger partial charge is 0.338 e. The molecule has 0 heterocycles. The molecular formula is C21H23N3O6. The largest absolute Gasteiger partial charge is 0.495 e. The number of imide groups is 1. The summed E-state index contributed by atoms with van der Waals surface area (Å²) in [5.74, 6) is -0.851. The first-order valence-corrected chi connectivity index (χ1v) is 9.12. The molecule has 2 aromatic carbocycles. The van der Waals surface area contributed by atoms with Crippen LogP contribution in [0.1, 0.15) is 24.2 Å². The second-order valence-electron chi connectivity index (χ2n) is 5.93. The molecular weight excluding hydrogens is 390 g/mol. The molecule has 0 spiro atoms. The molecule has 9 heteroatoms. The lowest BCUT2D eigenvalue weighted by Crippen LogP contribution is -2.37. The fraction of sp³-hybridized carbons (Fsp3) is 0.286. The van der Waals surface area contributed by atoms with Crippen LogP contribution in [0.4, 0.5) is 11.4 Å².